The maximum Gasteiger partial charge on any atom is 0.339 e. The van der Waals surface area contributed by atoms with Crippen molar-refractivity contribution in [2.75, 3.05) is 7.11 Å². The molecule has 29 nitrogen and oxygen atoms in total. The second-order valence-electron chi connectivity index (χ2n) is 33.0. The number of hydrogen-bond acceptors (Lipinski definition) is 18. The number of aromatic carboxylic acids is 2. The Morgan fingerprint density at radius 3 is 1.23 bits per heavy atom. The summed E-state index contributed by atoms with van der Waals surface area (Å²) in [5, 5.41) is 66.0. The zero-order valence-corrected chi connectivity index (χ0v) is 79.1. The van der Waals surface area contributed by atoms with E-state index >= 15 is 0 Å². The lowest BCUT2D eigenvalue weighted by atomic mass is 10.1. The lowest BCUT2D eigenvalue weighted by Gasteiger charge is -2.03. The number of rotatable bonds is 16. The van der Waals surface area contributed by atoms with Crippen LogP contribution < -0.4 is 4.73 Å². The number of carboxylic acids is 2. The number of H-pyrrole nitrogens is 1. The second kappa shape index (κ2) is 44.2. The van der Waals surface area contributed by atoms with Crippen LogP contribution in [-0.2, 0) is 45.5 Å². The maximum absolute atomic E-state index is 13.3. The third kappa shape index (κ3) is 22.0. The first-order valence-electron chi connectivity index (χ1n) is 45.5. The number of carbonyl (C=O) groups excluding carboxylic acids is 1. The van der Waals surface area contributed by atoms with Gasteiger partial charge in [-0.05, 0) is 108 Å². The van der Waals surface area contributed by atoms with Crippen molar-refractivity contribution in [3.8, 4) is 78.8 Å². The fourth-order valence-corrected chi connectivity index (χ4v) is 16.5. The SMILES string of the molecule is COC(=O)c1cnc2c(c1)c(-c1ccccc1)nn2Cc1ccccc1.Cn1nc(-c2cccc(F)c2)c2c1ccc[n+]2O.Cn1nc(-c2cccc(F)c2)c2nc(Cl)ccc21.Cn1nc(-c2cccc(F)c2)c2ncccc21.O=C(O)c1cnc2c(c1)c(-c1ccccc1)nn2Cc1ccccc1.O=C(O)c1cnc2n[nH]c(-c3ccccc3)c2c1.[C-]#[N+]c1cnc2c(c1)c(-c1ccccc1)nn2Cc1ccccc1. The number of carboxylic acid groups (broad SMARTS) is 2. The van der Waals surface area contributed by atoms with E-state index in [0.29, 0.717) is 92.0 Å². The van der Waals surface area contributed by atoms with Crippen molar-refractivity contribution >= 4 is 112 Å². The topological polar surface area (TPSA) is 342 Å². The van der Waals surface area contributed by atoms with Gasteiger partial charge in [0.1, 0.15) is 67.6 Å². The normalized spacial score (nSPS) is 10.8. The number of halogens is 4. The molecule has 0 amide bonds. The lowest BCUT2D eigenvalue weighted by Crippen LogP contribution is -2.29. The molecule has 0 aliphatic carbocycles. The van der Waals surface area contributed by atoms with E-state index in [-0.39, 0.29) is 28.6 Å². The van der Waals surface area contributed by atoms with Crippen LogP contribution in [0.15, 0.2) is 383 Å². The molecule has 0 aliphatic heterocycles. The van der Waals surface area contributed by atoms with Crippen LogP contribution in [-0.4, -0.2) is 139 Å². The molecule has 0 atom stereocenters. The molecule has 14 aromatic heterocycles. The molecule has 0 unspecified atom stereocenters. The smallest absolute Gasteiger partial charge is 0.339 e. The van der Waals surface area contributed by atoms with E-state index in [1.165, 1.54) is 68.3 Å². The molecule has 0 radical (unpaired) electrons. The van der Waals surface area contributed by atoms with E-state index < -0.39 is 17.9 Å². The van der Waals surface area contributed by atoms with Gasteiger partial charge in [-0.15, -0.1) is 0 Å². The van der Waals surface area contributed by atoms with E-state index in [9.17, 15) is 37.9 Å². The van der Waals surface area contributed by atoms with Crippen LogP contribution in [0.25, 0.3) is 161 Å². The monoisotopic (exact) mass is 1950 g/mol. The number of carbonyl (C=O) groups is 3. The number of aryl methyl sites for hydroxylation is 3. The summed E-state index contributed by atoms with van der Waals surface area (Å²) in [7, 11) is 6.82. The number of benzene rings is 10. The molecule has 14 heterocycles. The Kier molecular flexibility index (Phi) is 29.2. The molecule has 0 bridgehead atoms. The van der Waals surface area contributed by atoms with Gasteiger partial charge in [-0.25, -0.2) is 71.4 Å². The van der Waals surface area contributed by atoms with Crippen molar-refractivity contribution in [2.45, 2.75) is 19.6 Å². The van der Waals surface area contributed by atoms with Crippen LogP contribution in [0.1, 0.15) is 47.8 Å². The molecule has 146 heavy (non-hydrogen) atoms. The Morgan fingerprint density at radius 1 is 0.390 bits per heavy atom. The molecule has 0 saturated heterocycles. The Morgan fingerprint density at radius 2 is 0.774 bits per heavy atom. The highest BCUT2D eigenvalue weighted by Gasteiger charge is 2.25. The van der Waals surface area contributed by atoms with Crippen LogP contribution >= 0.6 is 11.6 Å². The first-order valence-corrected chi connectivity index (χ1v) is 45.8. The number of nitrogens with zero attached hydrogens (tertiary/aromatic N) is 21. The Balaban J connectivity index is 0.000000112. The van der Waals surface area contributed by atoms with Crippen LogP contribution in [0.4, 0.5) is 18.9 Å². The van der Waals surface area contributed by atoms with Gasteiger partial charge in [0.2, 0.25) is 11.9 Å². The summed E-state index contributed by atoms with van der Waals surface area (Å²) in [6.07, 6.45) is 9.06. The number of hydrogen-bond donors (Lipinski definition) is 4. The van der Waals surface area contributed by atoms with E-state index in [0.717, 1.165) is 122 Å². The van der Waals surface area contributed by atoms with E-state index in [4.69, 9.17) is 43.3 Å². The van der Waals surface area contributed by atoms with Crippen LogP contribution in [0, 0.1) is 24.0 Å². The minimum absolute atomic E-state index is 0.154. The Bertz CT molecular complexity index is 8880. The molecule has 0 saturated carbocycles. The van der Waals surface area contributed by atoms with Gasteiger partial charge >= 0.3 is 23.4 Å². The predicted octanol–water partition coefficient (Wildman–Crippen LogP) is 22.9. The number of aromatic nitrogens is 21. The average molecular weight is 1960 g/mol. The van der Waals surface area contributed by atoms with Gasteiger partial charge < -0.3 is 14.9 Å². The number of esters is 1. The zero-order valence-electron chi connectivity index (χ0n) is 78.4. The van der Waals surface area contributed by atoms with Gasteiger partial charge in [-0.1, -0.05) is 260 Å². The summed E-state index contributed by atoms with van der Waals surface area (Å²) < 4.78 is 56.3. The fraction of sp³-hybridized carbons (Fsp3) is 0.0619. The molecule has 4 N–H and O–H groups in total. The van der Waals surface area contributed by atoms with Crippen molar-refractivity contribution < 1.29 is 52.4 Å². The number of fused-ring (bicyclic) bond motifs is 7. The van der Waals surface area contributed by atoms with E-state index in [1.54, 1.807) is 94.2 Å². The number of nitrogens with one attached hydrogen (secondary N) is 1. The van der Waals surface area contributed by atoms with Crippen LogP contribution in [0.5, 0.6) is 0 Å². The first kappa shape index (κ1) is 96.6. The van der Waals surface area contributed by atoms with Crippen molar-refractivity contribution in [1.82, 2.24) is 98.8 Å². The minimum Gasteiger partial charge on any atom is -0.478 e. The third-order valence-electron chi connectivity index (χ3n) is 23.3. The Labute approximate surface area is 835 Å². The molecule has 24 aromatic rings. The second-order valence-corrected chi connectivity index (χ2v) is 33.4. The van der Waals surface area contributed by atoms with Gasteiger partial charge in [0.15, 0.2) is 28.3 Å². The molecule has 716 valence electrons. The summed E-state index contributed by atoms with van der Waals surface area (Å²) in [4.78, 5) is 63.6. The van der Waals surface area contributed by atoms with E-state index in [1.807, 2.05) is 253 Å². The highest BCUT2D eigenvalue weighted by Crippen LogP contribution is 2.36. The predicted molar refractivity (Wildman–Crippen MR) is 553 cm³/mol. The third-order valence-corrected chi connectivity index (χ3v) is 23.5. The van der Waals surface area contributed by atoms with Gasteiger partial charge in [0, 0.05) is 123 Å². The molecule has 10 aromatic carbocycles. The highest BCUT2D eigenvalue weighted by atomic mass is 35.5. The fourth-order valence-electron chi connectivity index (χ4n) is 16.4. The number of ether oxygens (including phenoxy) is 1. The maximum atomic E-state index is 13.3. The summed E-state index contributed by atoms with van der Waals surface area (Å²) in [6, 6.07) is 106. The van der Waals surface area contributed by atoms with Crippen LogP contribution in [0.3, 0.4) is 0 Å². The summed E-state index contributed by atoms with van der Waals surface area (Å²) in [5.41, 5.74) is 23.0. The minimum atomic E-state index is -0.996. The molecular formula is C113H85ClF3N22O7+. The number of aromatic amines is 1. The van der Waals surface area contributed by atoms with Crippen molar-refractivity contribution in [2.24, 2.45) is 21.1 Å². The van der Waals surface area contributed by atoms with Crippen LogP contribution in [0.2, 0.25) is 5.15 Å². The van der Waals surface area contributed by atoms with Crippen molar-refractivity contribution in [3.05, 3.63) is 450 Å². The molecule has 24 rings (SSSR count). The van der Waals surface area contributed by atoms with Gasteiger partial charge in [0.05, 0.1) is 66.7 Å². The largest absolute Gasteiger partial charge is 0.478 e. The molecule has 0 aliphatic rings. The highest BCUT2D eigenvalue weighted by molar-refractivity contribution is 6.30. The number of methoxy groups -OCH3 is 1. The van der Waals surface area contributed by atoms with Crippen molar-refractivity contribution in [1.29, 1.82) is 0 Å². The van der Waals surface area contributed by atoms with Gasteiger partial charge in [-0.3, -0.25) is 29.3 Å². The molecule has 33 heteroatoms. The van der Waals surface area contributed by atoms with E-state index in [2.05, 4.69) is 84.5 Å². The van der Waals surface area contributed by atoms with Crippen molar-refractivity contribution in [3.63, 3.8) is 0 Å². The summed E-state index contributed by atoms with van der Waals surface area (Å²) >= 11 is 5.90. The molecule has 0 spiro atoms. The molecule has 0 fully saturated rings. The summed E-state index contributed by atoms with van der Waals surface area (Å²) in [5.74, 6) is -3.29. The number of pyridine rings is 7. The van der Waals surface area contributed by atoms with Gasteiger partial charge in [0.25, 0.3) is 0 Å². The van der Waals surface area contributed by atoms with Gasteiger partial charge in [-0.2, -0.15) is 35.7 Å². The zero-order chi connectivity index (χ0) is 101. The average Bonchev–Trinajstić information content (AvgIpc) is 1.63. The quantitative estimate of drug-likeness (QED) is 0.0229. The standard InChI is InChI=1S/C21H17N3O2.C20H14N4.C20H15N3O2.C13H9ClFN3.C13H11FN3O.C13H10FN3.C13H9N3O2/c1-26-21(25)17-12-18-19(16-10-6-3-7-11-16)23-24(20(18)22-13-17)14-15-8-4-2-5-9-15;1-21-17-12-18-19(16-10-6-3-7-11-16)23-24(20(18)22-13-17)14-15-8-4-2-5-9-15;24-20(25)16-11-17-18(15-9-5-2-6-10-15)22-23(19(17)21-12-16)13-14-7-3-1-4-8-14;1-18-10-5-6-11(14)16-13(10)12(17-18)8-3-2-4-9(15)7-8;1-16-11-6-3-7-17(18)13(11)12(15-16)9-4-2-5-10(14)8-9;1-17-11-6-3-7-15-13(11)12(16-17)9-4-2-5-10(14)8-9;17-13(18)9-6-10-11(8-4-2-1-3-5-8)15-16-12(10)14-7-9/h2-13H,14H2,1H3;2-13H,14H2;1-12H,13H2,(H,24,25);2-7H,1H3;2-8,18H,1H3;2-8H,1H3;1-7H,(H,17,18)(H,14,15,16)/q;;;;+1;;. The molecular weight excluding hydrogens is 1870 g/mol. The Hall–Kier alpha value is -19.7. The first-order chi connectivity index (χ1) is 71.1. The summed E-state index contributed by atoms with van der Waals surface area (Å²) in [6.45, 7) is 9.06. The lowest BCUT2D eigenvalue weighted by molar-refractivity contribution is -0.884.